The maximum atomic E-state index is 11.7. The van der Waals surface area contributed by atoms with Gasteiger partial charge in [-0.15, -0.1) is 0 Å². The number of carbonyl (C=O) groups excluding carboxylic acids is 1. The minimum Gasteiger partial charge on any atom is -0.382 e. The van der Waals surface area contributed by atoms with Crippen LogP contribution in [0.4, 0.5) is 5.82 Å². The fourth-order valence-electron chi connectivity index (χ4n) is 3.09. The lowest BCUT2D eigenvalue weighted by molar-refractivity contribution is -0.196. The molecule has 10 heteroatoms. The van der Waals surface area contributed by atoms with E-state index in [0.717, 1.165) is 0 Å². The Morgan fingerprint density at radius 3 is 2.74 bits per heavy atom. The molecular weight excluding hydrogens is 304 g/mol. The highest BCUT2D eigenvalue weighted by molar-refractivity contribution is 5.82. The molecule has 122 valence electrons. The summed E-state index contributed by atoms with van der Waals surface area (Å²) in [6.45, 7) is 3.54. The van der Waals surface area contributed by atoms with Gasteiger partial charge in [-0.1, -0.05) is 0 Å². The topological polar surface area (TPSA) is 140 Å². The zero-order valence-corrected chi connectivity index (χ0v) is 12.5. The summed E-state index contributed by atoms with van der Waals surface area (Å²) in [6, 6.07) is 0. The van der Waals surface area contributed by atoms with E-state index >= 15 is 0 Å². The van der Waals surface area contributed by atoms with Crippen LogP contribution in [0.3, 0.4) is 0 Å². The lowest BCUT2D eigenvalue weighted by atomic mass is 10.1. The van der Waals surface area contributed by atoms with E-state index in [1.54, 1.807) is 18.4 Å². The van der Waals surface area contributed by atoms with E-state index < -0.39 is 36.2 Å². The summed E-state index contributed by atoms with van der Waals surface area (Å²) < 4.78 is 19.1. The zero-order chi connectivity index (χ0) is 16.4. The number of primary amides is 1. The van der Waals surface area contributed by atoms with Gasteiger partial charge in [0.15, 0.2) is 29.6 Å². The molecule has 4 rings (SSSR count). The quantitative estimate of drug-likeness (QED) is 0.741. The van der Waals surface area contributed by atoms with E-state index in [1.807, 2.05) is 0 Å². The SMILES string of the molecule is CC1(C)O[C@@H]2[C@@H](C(N)=O)OC(n3cnc4c(N)ncnc43)[C@@H]2O1. The van der Waals surface area contributed by atoms with Crippen LogP contribution in [0, 0.1) is 0 Å². The molecule has 0 spiro atoms. The number of amides is 1. The number of carbonyl (C=O) groups is 1. The standard InChI is InChI=1S/C13H16N6O4/c1-13(2)22-6-7(10(15)20)21-12(8(6)23-13)19-4-18-5-9(14)16-3-17-11(5)19/h3-4,6-8,12H,1-2H3,(H2,15,20)(H2,14,16,17)/t6-,7+,8-,12?/m1/s1. The van der Waals surface area contributed by atoms with E-state index in [-0.39, 0.29) is 5.82 Å². The fraction of sp³-hybridized carbons (Fsp3) is 0.538. The fourth-order valence-corrected chi connectivity index (χ4v) is 3.09. The van der Waals surface area contributed by atoms with Crippen LogP contribution >= 0.6 is 0 Å². The van der Waals surface area contributed by atoms with E-state index in [4.69, 9.17) is 25.7 Å². The molecule has 23 heavy (non-hydrogen) atoms. The first-order valence-electron chi connectivity index (χ1n) is 7.11. The van der Waals surface area contributed by atoms with Crippen molar-refractivity contribution in [2.45, 2.75) is 44.2 Å². The van der Waals surface area contributed by atoms with Crippen LogP contribution in [0.1, 0.15) is 20.1 Å². The van der Waals surface area contributed by atoms with Gasteiger partial charge in [-0.05, 0) is 13.8 Å². The minimum atomic E-state index is -0.914. The molecule has 0 aliphatic carbocycles. The molecule has 4 N–H and O–H groups in total. The van der Waals surface area contributed by atoms with Gasteiger partial charge in [-0.2, -0.15) is 0 Å². The number of hydrogen-bond donors (Lipinski definition) is 2. The van der Waals surface area contributed by atoms with Gasteiger partial charge in [-0.25, -0.2) is 15.0 Å². The predicted octanol–water partition coefficient (Wildman–Crippen LogP) is -0.689. The van der Waals surface area contributed by atoms with Crippen molar-refractivity contribution in [2.75, 3.05) is 5.73 Å². The van der Waals surface area contributed by atoms with Gasteiger partial charge in [0.05, 0.1) is 6.33 Å². The molecule has 2 aliphatic heterocycles. The Bertz CT molecular complexity index is 790. The number of anilines is 1. The van der Waals surface area contributed by atoms with Crippen molar-refractivity contribution in [2.24, 2.45) is 5.73 Å². The molecule has 2 aliphatic rings. The number of hydrogen-bond acceptors (Lipinski definition) is 8. The Hall–Kier alpha value is -2.30. The number of aromatic nitrogens is 4. The number of nitrogen functional groups attached to an aromatic ring is 1. The maximum Gasteiger partial charge on any atom is 0.249 e. The van der Waals surface area contributed by atoms with Gasteiger partial charge in [0.25, 0.3) is 0 Å². The van der Waals surface area contributed by atoms with E-state index in [1.165, 1.54) is 12.7 Å². The molecule has 0 aromatic carbocycles. The van der Waals surface area contributed by atoms with Crippen molar-refractivity contribution < 1.29 is 19.0 Å². The number of rotatable bonds is 2. The molecule has 0 saturated carbocycles. The van der Waals surface area contributed by atoms with E-state index in [2.05, 4.69) is 15.0 Å². The van der Waals surface area contributed by atoms with Gasteiger partial charge >= 0.3 is 0 Å². The first-order chi connectivity index (χ1) is 10.9. The molecule has 2 fully saturated rings. The van der Waals surface area contributed by atoms with Crippen LogP contribution < -0.4 is 11.5 Å². The lowest BCUT2D eigenvalue weighted by Gasteiger charge is -2.23. The first kappa shape index (κ1) is 14.3. The summed E-state index contributed by atoms with van der Waals surface area (Å²) in [5.41, 5.74) is 12.2. The third-order valence-corrected chi connectivity index (χ3v) is 3.97. The summed E-state index contributed by atoms with van der Waals surface area (Å²) in [5, 5.41) is 0. The normalized spacial score (nSPS) is 32.3. The molecular formula is C13H16N6O4. The molecule has 2 aromatic rings. The van der Waals surface area contributed by atoms with Crippen molar-refractivity contribution in [1.29, 1.82) is 0 Å². The van der Waals surface area contributed by atoms with Gasteiger partial charge in [0.1, 0.15) is 24.1 Å². The van der Waals surface area contributed by atoms with Gasteiger partial charge in [0.2, 0.25) is 5.91 Å². The molecule has 10 nitrogen and oxygen atoms in total. The summed E-state index contributed by atoms with van der Waals surface area (Å²) in [5.74, 6) is -1.18. The third kappa shape index (κ3) is 2.06. The Labute approximate surface area is 130 Å². The second-order valence-electron chi connectivity index (χ2n) is 6.00. The maximum absolute atomic E-state index is 11.7. The average molecular weight is 320 g/mol. The van der Waals surface area contributed by atoms with Crippen LogP contribution in [-0.2, 0) is 19.0 Å². The van der Waals surface area contributed by atoms with E-state index in [9.17, 15) is 4.79 Å². The summed E-state index contributed by atoms with van der Waals surface area (Å²) in [4.78, 5) is 24.0. The van der Waals surface area contributed by atoms with Crippen molar-refractivity contribution >= 4 is 22.9 Å². The van der Waals surface area contributed by atoms with Crippen molar-refractivity contribution in [3.05, 3.63) is 12.7 Å². The van der Waals surface area contributed by atoms with Crippen LogP contribution in [0.25, 0.3) is 11.2 Å². The van der Waals surface area contributed by atoms with Crippen LogP contribution in [-0.4, -0.2) is 49.5 Å². The highest BCUT2D eigenvalue weighted by Gasteiger charge is 2.57. The monoisotopic (exact) mass is 320 g/mol. The number of fused-ring (bicyclic) bond motifs is 2. The molecule has 4 heterocycles. The smallest absolute Gasteiger partial charge is 0.249 e. The number of imidazole rings is 1. The Kier molecular flexibility index (Phi) is 2.86. The van der Waals surface area contributed by atoms with Crippen LogP contribution in [0.15, 0.2) is 12.7 Å². The zero-order valence-electron chi connectivity index (χ0n) is 12.5. The van der Waals surface area contributed by atoms with Gasteiger partial charge < -0.3 is 25.7 Å². The Morgan fingerprint density at radius 1 is 1.26 bits per heavy atom. The van der Waals surface area contributed by atoms with Crippen LogP contribution in [0.2, 0.25) is 0 Å². The molecule has 1 amide bonds. The first-order valence-corrected chi connectivity index (χ1v) is 7.11. The second-order valence-corrected chi connectivity index (χ2v) is 6.00. The summed E-state index contributed by atoms with van der Waals surface area (Å²) in [7, 11) is 0. The predicted molar refractivity (Wildman–Crippen MR) is 76.7 cm³/mol. The molecule has 4 atom stereocenters. The van der Waals surface area contributed by atoms with Crippen molar-refractivity contribution in [3.8, 4) is 0 Å². The largest absolute Gasteiger partial charge is 0.382 e. The minimum absolute atomic E-state index is 0.263. The molecule has 1 unspecified atom stereocenters. The highest BCUT2D eigenvalue weighted by atomic mass is 16.8. The summed E-state index contributed by atoms with van der Waals surface area (Å²) >= 11 is 0. The van der Waals surface area contributed by atoms with Gasteiger partial charge in [-0.3, -0.25) is 9.36 Å². The lowest BCUT2D eigenvalue weighted by Crippen LogP contribution is -2.39. The number of nitrogens with zero attached hydrogens (tertiary/aromatic N) is 4. The van der Waals surface area contributed by atoms with Gasteiger partial charge in [0, 0.05) is 0 Å². The second kappa shape index (κ2) is 4.60. The van der Waals surface area contributed by atoms with Crippen molar-refractivity contribution in [1.82, 2.24) is 19.5 Å². The Morgan fingerprint density at radius 2 is 2.00 bits per heavy atom. The molecule has 0 radical (unpaired) electrons. The number of ether oxygens (including phenoxy) is 3. The van der Waals surface area contributed by atoms with Crippen molar-refractivity contribution in [3.63, 3.8) is 0 Å². The number of nitrogens with two attached hydrogens (primary N) is 2. The molecule has 2 aromatic heterocycles. The molecule has 0 bridgehead atoms. The average Bonchev–Trinajstić information content (AvgIpc) is 3.09. The Balaban J connectivity index is 1.78. The third-order valence-electron chi connectivity index (χ3n) is 3.97. The van der Waals surface area contributed by atoms with E-state index in [0.29, 0.717) is 11.2 Å². The highest BCUT2D eigenvalue weighted by Crippen LogP contribution is 2.43. The molecule has 2 saturated heterocycles. The summed E-state index contributed by atoms with van der Waals surface area (Å²) in [6.07, 6.45) is 0.182. The van der Waals surface area contributed by atoms with Crippen LogP contribution in [0.5, 0.6) is 0 Å².